The monoisotopic (exact) mass is 426 g/mol. The molecule has 0 unspecified atom stereocenters. The number of nitrogens with one attached hydrogen (secondary N) is 1. The van der Waals surface area contributed by atoms with Gasteiger partial charge in [0.2, 0.25) is 11.8 Å². The number of carbonyl (C=O) groups is 2. The molecule has 1 aromatic carbocycles. The van der Waals surface area contributed by atoms with Crippen molar-refractivity contribution >= 4 is 49.7 Å². The van der Waals surface area contributed by atoms with Crippen molar-refractivity contribution in [2.45, 2.75) is 19.5 Å². The molecule has 0 radical (unpaired) electrons. The molecule has 0 saturated carbocycles. The van der Waals surface area contributed by atoms with Crippen LogP contribution in [0, 0.1) is 6.92 Å². The van der Waals surface area contributed by atoms with Crippen molar-refractivity contribution in [2.24, 2.45) is 0 Å². The number of nitrogens with zero attached hydrogens (tertiary/aromatic N) is 3. The Bertz CT molecular complexity index is 1080. The minimum Gasteiger partial charge on any atom is -0.348 e. The molecule has 0 spiro atoms. The van der Waals surface area contributed by atoms with Crippen molar-refractivity contribution in [3.05, 3.63) is 53.2 Å². The number of hydrogen-bond acceptors (Lipinski definition) is 3. The molecule has 0 atom stereocenters. The highest BCUT2D eigenvalue weighted by atomic mass is 79.9. The first-order chi connectivity index (χ1) is 13.0. The van der Waals surface area contributed by atoms with E-state index in [1.807, 2.05) is 41.8 Å². The number of aromatic nitrogens is 2. The van der Waals surface area contributed by atoms with Gasteiger partial charge in [-0.1, -0.05) is 22.5 Å². The first kappa shape index (κ1) is 17.7. The van der Waals surface area contributed by atoms with Crippen molar-refractivity contribution in [3.63, 3.8) is 0 Å². The van der Waals surface area contributed by atoms with Crippen molar-refractivity contribution in [2.75, 3.05) is 13.1 Å². The largest absolute Gasteiger partial charge is 0.348 e. The summed E-state index contributed by atoms with van der Waals surface area (Å²) in [4.78, 5) is 30.4. The first-order valence-corrected chi connectivity index (χ1v) is 9.51. The normalized spacial score (nSPS) is 14.4. The summed E-state index contributed by atoms with van der Waals surface area (Å²) in [6.45, 7) is 6.65. The van der Waals surface area contributed by atoms with Crippen molar-refractivity contribution < 1.29 is 9.59 Å². The molecule has 6 nitrogen and oxygen atoms in total. The van der Waals surface area contributed by atoms with Crippen LogP contribution in [0.4, 0.5) is 0 Å². The Morgan fingerprint density at radius 1 is 1.30 bits per heavy atom. The fourth-order valence-electron chi connectivity index (χ4n) is 3.49. The third kappa shape index (κ3) is 3.23. The number of fused-ring (bicyclic) bond motifs is 3. The molecule has 1 N–H and O–H groups in total. The predicted molar refractivity (Wildman–Crippen MR) is 108 cm³/mol. The highest BCUT2D eigenvalue weighted by Gasteiger charge is 2.30. The van der Waals surface area contributed by atoms with E-state index in [0.717, 1.165) is 32.1 Å². The molecule has 0 bridgehead atoms. The van der Waals surface area contributed by atoms with Crippen LogP contribution in [0.25, 0.3) is 21.9 Å². The molecule has 1 saturated heterocycles. The summed E-state index contributed by atoms with van der Waals surface area (Å²) < 4.78 is 2.94. The number of rotatable bonds is 4. The lowest BCUT2D eigenvalue weighted by Crippen LogP contribution is -2.61. The van der Waals surface area contributed by atoms with Crippen molar-refractivity contribution in [1.29, 1.82) is 0 Å². The van der Waals surface area contributed by atoms with Gasteiger partial charge in [0.1, 0.15) is 12.2 Å². The molecular formula is C20H19BrN4O2. The molecule has 7 heteroatoms. The zero-order chi connectivity index (χ0) is 19.1. The number of amides is 2. The van der Waals surface area contributed by atoms with E-state index < -0.39 is 0 Å². The van der Waals surface area contributed by atoms with E-state index in [0.29, 0.717) is 13.1 Å². The maximum Gasteiger partial charge on any atom is 0.246 e. The van der Waals surface area contributed by atoms with E-state index in [1.54, 1.807) is 4.90 Å². The second-order valence-corrected chi connectivity index (χ2v) is 7.70. The molecule has 3 aromatic rings. The maximum absolute atomic E-state index is 12.6. The van der Waals surface area contributed by atoms with E-state index in [2.05, 4.69) is 32.8 Å². The number of carbonyl (C=O) groups excluding carboxylic acids is 2. The molecular weight excluding hydrogens is 408 g/mol. The second-order valence-electron chi connectivity index (χ2n) is 6.78. The fourth-order valence-corrected chi connectivity index (χ4v) is 3.85. The Hall–Kier alpha value is -2.67. The highest BCUT2D eigenvalue weighted by Crippen LogP contribution is 2.30. The van der Waals surface area contributed by atoms with Crippen LogP contribution in [0.1, 0.15) is 5.69 Å². The third-order valence-electron chi connectivity index (χ3n) is 4.84. The molecule has 2 aromatic heterocycles. The van der Waals surface area contributed by atoms with Gasteiger partial charge in [-0.25, -0.2) is 4.98 Å². The summed E-state index contributed by atoms with van der Waals surface area (Å²) in [6, 6.07) is 10.0. The summed E-state index contributed by atoms with van der Waals surface area (Å²) in [5, 5.41) is 5.08. The average molecular weight is 427 g/mol. The van der Waals surface area contributed by atoms with Gasteiger partial charge in [0.05, 0.1) is 11.6 Å². The molecule has 4 rings (SSSR count). The van der Waals surface area contributed by atoms with Crippen molar-refractivity contribution in [1.82, 2.24) is 19.8 Å². The molecule has 3 heterocycles. The average Bonchev–Trinajstić information content (AvgIpc) is 2.89. The summed E-state index contributed by atoms with van der Waals surface area (Å²) in [6.07, 6.45) is 1.29. The summed E-state index contributed by atoms with van der Waals surface area (Å²) in [7, 11) is 0. The van der Waals surface area contributed by atoms with Crippen LogP contribution in [0.3, 0.4) is 0 Å². The standard InChI is InChI=1S/C20H19BrN4O2/c1-3-19(27)24-9-14(10-24)23-18(26)11-25-17-7-5-13(21)8-16(17)15-6-4-12(2)22-20(15)25/h3-8,14H,1,9-11H2,2H3,(H,23,26). The molecule has 1 aliphatic heterocycles. The Morgan fingerprint density at radius 2 is 2.07 bits per heavy atom. The predicted octanol–water partition coefficient (Wildman–Crippen LogP) is 2.77. The molecule has 2 amide bonds. The third-order valence-corrected chi connectivity index (χ3v) is 5.34. The fraction of sp³-hybridized carbons (Fsp3) is 0.250. The Morgan fingerprint density at radius 3 is 2.81 bits per heavy atom. The van der Waals surface area contributed by atoms with Crippen LogP contribution < -0.4 is 5.32 Å². The minimum absolute atomic E-state index is 0.0154. The number of benzene rings is 1. The van der Waals surface area contributed by atoms with Gasteiger partial charge in [-0.2, -0.15) is 0 Å². The quantitative estimate of drug-likeness (QED) is 0.652. The smallest absolute Gasteiger partial charge is 0.246 e. The van der Waals surface area contributed by atoms with E-state index in [-0.39, 0.29) is 24.4 Å². The first-order valence-electron chi connectivity index (χ1n) is 8.72. The Balaban J connectivity index is 1.59. The van der Waals surface area contributed by atoms with Gasteiger partial charge in [-0.05, 0) is 43.3 Å². The SMILES string of the molecule is C=CC(=O)N1CC(NC(=O)Cn2c3ccc(Br)cc3c3ccc(C)nc32)C1. The van der Waals surface area contributed by atoms with Gasteiger partial charge in [0, 0.05) is 34.0 Å². The molecule has 138 valence electrons. The van der Waals surface area contributed by atoms with Gasteiger partial charge in [-0.15, -0.1) is 0 Å². The van der Waals surface area contributed by atoms with Crippen LogP contribution >= 0.6 is 15.9 Å². The topological polar surface area (TPSA) is 67.2 Å². The summed E-state index contributed by atoms with van der Waals surface area (Å²) >= 11 is 3.52. The Labute approximate surface area is 165 Å². The Kier molecular flexibility index (Phi) is 4.47. The summed E-state index contributed by atoms with van der Waals surface area (Å²) in [5.41, 5.74) is 2.68. The molecule has 1 fully saturated rings. The summed E-state index contributed by atoms with van der Waals surface area (Å²) in [5.74, 6) is -0.191. The lowest BCUT2D eigenvalue weighted by molar-refractivity contribution is -0.133. The lowest BCUT2D eigenvalue weighted by Gasteiger charge is -2.38. The van der Waals surface area contributed by atoms with E-state index in [4.69, 9.17) is 0 Å². The molecule has 1 aliphatic rings. The number of pyridine rings is 1. The zero-order valence-corrected chi connectivity index (χ0v) is 16.5. The molecule has 27 heavy (non-hydrogen) atoms. The second kappa shape index (κ2) is 6.81. The van der Waals surface area contributed by atoms with Crippen LogP contribution in [0.2, 0.25) is 0 Å². The van der Waals surface area contributed by atoms with Crippen LogP contribution in [-0.4, -0.2) is 45.4 Å². The number of hydrogen-bond donors (Lipinski definition) is 1. The van der Waals surface area contributed by atoms with Gasteiger partial charge >= 0.3 is 0 Å². The maximum atomic E-state index is 12.6. The van der Waals surface area contributed by atoms with Gasteiger partial charge in [0.25, 0.3) is 0 Å². The van der Waals surface area contributed by atoms with Crippen LogP contribution in [0.5, 0.6) is 0 Å². The van der Waals surface area contributed by atoms with Crippen LogP contribution in [-0.2, 0) is 16.1 Å². The highest BCUT2D eigenvalue weighted by molar-refractivity contribution is 9.10. The number of likely N-dealkylation sites (tertiary alicyclic amines) is 1. The zero-order valence-electron chi connectivity index (χ0n) is 14.9. The minimum atomic E-state index is -0.104. The van der Waals surface area contributed by atoms with Gasteiger partial charge in [-0.3, -0.25) is 9.59 Å². The molecule has 0 aliphatic carbocycles. The van der Waals surface area contributed by atoms with Gasteiger partial charge in [0.15, 0.2) is 0 Å². The van der Waals surface area contributed by atoms with E-state index in [9.17, 15) is 9.59 Å². The van der Waals surface area contributed by atoms with E-state index >= 15 is 0 Å². The van der Waals surface area contributed by atoms with Crippen LogP contribution in [0.15, 0.2) is 47.5 Å². The van der Waals surface area contributed by atoms with E-state index in [1.165, 1.54) is 6.08 Å². The number of aryl methyl sites for hydroxylation is 1. The van der Waals surface area contributed by atoms with Gasteiger partial charge < -0.3 is 14.8 Å². The van der Waals surface area contributed by atoms with Crippen molar-refractivity contribution in [3.8, 4) is 0 Å². The number of halogens is 1. The lowest BCUT2D eigenvalue weighted by atomic mass is 10.1.